The van der Waals surface area contributed by atoms with Crippen LogP contribution >= 0.6 is 0 Å². The first kappa shape index (κ1) is 36.0. The van der Waals surface area contributed by atoms with E-state index in [4.69, 9.17) is 4.74 Å². The van der Waals surface area contributed by atoms with Crippen molar-refractivity contribution in [1.82, 2.24) is 0 Å². The number of rotatable bonds is 8. The first-order valence-corrected chi connectivity index (χ1v) is 22.1. The number of fused-ring (bicyclic) bond motifs is 8. The standard InChI is InChI=1S/C49H62OSi/c1-13-25-50-44-34(32-19-17-16-18-20-32)26-31(4)27-35(44)37-29-47(7,8)30-38-39(37)41-40(45(38)51(14-2)15-3)36-28-46(5,6)22-21-33(36)42-43(41)49(11,12)24-23-48(42,9)10/h13,16-20,23-24,26-28,30,37,39,51H,1,14-15,21-22,25,29H2,2-12H3. The number of ether oxygens (including phenoxy) is 1. The summed E-state index contributed by atoms with van der Waals surface area (Å²) in [6.07, 6.45) is 15.9. The third-order valence-corrected chi connectivity index (χ3v) is 16.3. The lowest BCUT2D eigenvalue weighted by Gasteiger charge is -2.45. The molecule has 0 amide bonds. The summed E-state index contributed by atoms with van der Waals surface area (Å²) >= 11 is 0. The molecule has 0 aromatic heterocycles. The van der Waals surface area contributed by atoms with Crippen LogP contribution < -0.4 is 15.2 Å². The number of benzene rings is 3. The van der Waals surface area contributed by atoms with Gasteiger partial charge in [-0.3, -0.25) is 0 Å². The largest absolute Gasteiger partial charge is 0.489 e. The Balaban J connectivity index is 1.66. The van der Waals surface area contributed by atoms with E-state index < -0.39 is 8.80 Å². The summed E-state index contributed by atoms with van der Waals surface area (Å²) in [7, 11) is -1.30. The van der Waals surface area contributed by atoms with E-state index in [1.54, 1.807) is 43.5 Å². The minimum Gasteiger partial charge on any atom is -0.489 e. The molecule has 0 aliphatic heterocycles. The van der Waals surface area contributed by atoms with Crippen molar-refractivity contribution in [2.75, 3.05) is 6.61 Å². The molecule has 7 rings (SSSR count). The van der Waals surface area contributed by atoms with Crippen LogP contribution in [0.5, 0.6) is 5.75 Å². The van der Waals surface area contributed by atoms with E-state index >= 15 is 0 Å². The Kier molecular flexibility index (Phi) is 8.93. The Hall–Kier alpha value is -3.36. The summed E-state index contributed by atoms with van der Waals surface area (Å²) < 4.78 is 6.85. The smallest absolute Gasteiger partial charge is 0.131 e. The SMILES string of the molecule is C=CCOc1c(-c2ccccc2)cc(C)cc1C1CC(C)(C)C=C2C([SiH](CC)CC)=c3c(c4c(c5c3=CC(C)(C)CC5)C(C)(C)C=CC4(C)C)C21. The maximum Gasteiger partial charge on any atom is 0.131 e. The van der Waals surface area contributed by atoms with Crippen LogP contribution in [-0.2, 0) is 17.3 Å². The second-order valence-corrected chi connectivity index (χ2v) is 22.4. The maximum atomic E-state index is 6.85. The van der Waals surface area contributed by atoms with Crippen molar-refractivity contribution in [3.63, 3.8) is 0 Å². The molecule has 0 spiro atoms. The summed E-state index contributed by atoms with van der Waals surface area (Å²) in [6.45, 7) is 31.7. The monoisotopic (exact) mass is 694 g/mol. The van der Waals surface area contributed by atoms with Crippen molar-refractivity contribution in [1.29, 1.82) is 0 Å². The van der Waals surface area contributed by atoms with Gasteiger partial charge in [-0.25, -0.2) is 0 Å². The molecule has 0 saturated heterocycles. The van der Waals surface area contributed by atoms with E-state index in [2.05, 4.69) is 150 Å². The fourth-order valence-corrected chi connectivity index (χ4v) is 13.4. The maximum absolute atomic E-state index is 6.85. The molecule has 0 radical (unpaired) electrons. The average Bonchev–Trinajstić information content (AvgIpc) is 3.39. The van der Waals surface area contributed by atoms with Gasteiger partial charge in [0, 0.05) is 22.3 Å². The van der Waals surface area contributed by atoms with Gasteiger partial charge in [0.25, 0.3) is 0 Å². The van der Waals surface area contributed by atoms with Crippen molar-refractivity contribution in [2.24, 2.45) is 10.8 Å². The van der Waals surface area contributed by atoms with E-state index in [0.29, 0.717) is 12.5 Å². The fraction of sp³-hybridized carbons (Fsp3) is 0.469. The van der Waals surface area contributed by atoms with E-state index in [9.17, 15) is 0 Å². The number of aryl methyl sites for hydroxylation is 1. The van der Waals surface area contributed by atoms with Crippen molar-refractivity contribution >= 4 is 20.1 Å². The molecule has 51 heavy (non-hydrogen) atoms. The topological polar surface area (TPSA) is 9.23 Å². The van der Waals surface area contributed by atoms with Crippen LogP contribution in [0, 0.1) is 17.8 Å². The number of hydrogen-bond acceptors (Lipinski definition) is 1. The molecule has 268 valence electrons. The van der Waals surface area contributed by atoms with Crippen LogP contribution in [0.15, 0.2) is 78.9 Å². The molecule has 2 unspecified atom stereocenters. The minimum absolute atomic E-state index is 0.0241. The van der Waals surface area contributed by atoms with Gasteiger partial charge in [0.05, 0.1) is 8.80 Å². The highest BCUT2D eigenvalue weighted by Gasteiger charge is 2.49. The van der Waals surface area contributed by atoms with Gasteiger partial charge in [-0.1, -0.05) is 160 Å². The highest BCUT2D eigenvalue weighted by molar-refractivity contribution is 6.79. The molecule has 2 heteroatoms. The Morgan fingerprint density at radius 3 is 2.18 bits per heavy atom. The molecule has 2 atom stereocenters. The molecule has 4 aliphatic carbocycles. The van der Waals surface area contributed by atoms with Gasteiger partial charge in [-0.2, -0.15) is 0 Å². The van der Waals surface area contributed by atoms with Gasteiger partial charge in [0.15, 0.2) is 0 Å². The zero-order valence-electron chi connectivity index (χ0n) is 33.5. The lowest BCUT2D eigenvalue weighted by Crippen LogP contribution is -2.46. The Labute approximate surface area is 310 Å². The zero-order chi connectivity index (χ0) is 36.7. The third-order valence-electron chi connectivity index (χ3n) is 12.9. The molecule has 0 heterocycles. The molecule has 3 aromatic rings. The molecule has 3 aromatic carbocycles. The van der Waals surface area contributed by atoms with Crippen molar-refractivity contribution < 1.29 is 4.74 Å². The average molecular weight is 695 g/mol. The van der Waals surface area contributed by atoms with Gasteiger partial charge in [-0.15, -0.1) is 0 Å². The molecule has 4 aliphatic rings. The second-order valence-electron chi connectivity index (χ2n) is 18.8. The predicted octanol–water partition coefficient (Wildman–Crippen LogP) is 11.3. The minimum atomic E-state index is -1.30. The highest BCUT2D eigenvalue weighted by atomic mass is 28.3. The lowest BCUT2D eigenvalue weighted by atomic mass is 9.59. The zero-order valence-corrected chi connectivity index (χ0v) is 34.7. The highest BCUT2D eigenvalue weighted by Crippen LogP contribution is 2.60. The molecule has 0 N–H and O–H groups in total. The van der Waals surface area contributed by atoms with Gasteiger partial charge >= 0.3 is 0 Å². The molecule has 0 saturated carbocycles. The third kappa shape index (κ3) is 5.98. The second kappa shape index (κ2) is 12.6. The van der Waals surface area contributed by atoms with Crippen LogP contribution in [-0.4, -0.2) is 15.4 Å². The van der Waals surface area contributed by atoms with Crippen molar-refractivity contribution in [2.45, 2.75) is 130 Å². The lowest BCUT2D eigenvalue weighted by molar-refractivity contribution is 0.322. The van der Waals surface area contributed by atoms with E-state index in [1.165, 1.54) is 40.8 Å². The summed E-state index contributed by atoms with van der Waals surface area (Å²) in [5.41, 5.74) is 13.5. The van der Waals surface area contributed by atoms with E-state index in [0.717, 1.165) is 18.6 Å². The van der Waals surface area contributed by atoms with Crippen LogP contribution in [0.3, 0.4) is 0 Å². The normalized spacial score (nSPS) is 23.1. The molecular formula is C49H62OSi. The number of allylic oxidation sites excluding steroid dienone is 4. The van der Waals surface area contributed by atoms with Gasteiger partial charge in [0.2, 0.25) is 0 Å². The molecule has 0 fully saturated rings. The van der Waals surface area contributed by atoms with Crippen LogP contribution in [0.25, 0.3) is 22.4 Å². The quantitative estimate of drug-likeness (QED) is 0.168. The van der Waals surface area contributed by atoms with Gasteiger partial charge in [-0.05, 0) is 104 Å². The van der Waals surface area contributed by atoms with Crippen molar-refractivity contribution in [3.8, 4) is 16.9 Å². The first-order valence-electron chi connectivity index (χ1n) is 19.9. The fourth-order valence-electron chi connectivity index (χ4n) is 10.6. The first-order chi connectivity index (χ1) is 24.0. The summed E-state index contributed by atoms with van der Waals surface area (Å²) in [6, 6.07) is 18.3. The Morgan fingerprint density at radius 1 is 0.863 bits per heavy atom. The Bertz CT molecular complexity index is 2080. The van der Waals surface area contributed by atoms with Gasteiger partial charge < -0.3 is 4.74 Å². The summed E-state index contributed by atoms with van der Waals surface area (Å²) in [4.78, 5) is 0. The molecular weight excluding hydrogens is 633 g/mol. The summed E-state index contributed by atoms with van der Waals surface area (Å²) in [5.74, 6) is 1.62. The van der Waals surface area contributed by atoms with Crippen LogP contribution in [0.2, 0.25) is 12.1 Å². The van der Waals surface area contributed by atoms with E-state index in [1.807, 2.05) is 6.08 Å². The van der Waals surface area contributed by atoms with Crippen LogP contribution in [0.1, 0.15) is 127 Å². The number of hydrogen-bond donors (Lipinski definition) is 0. The molecule has 1 nitrogen and oxygen atoms in total. The Morgan fingerprint density at radius 2 is 1.53 bits per heavy atom. The summed E-state index contributed by atoms with van der Waals surface area (Å²) in [5, 5.41) is 5.05. The van der Waals surface area contributed by atoms with Crippen LogP contribution in [0.4, 0.5) is 0 Å². The van der Waals surface area contributed by atoms with Gasteiger partial charge in [0.1, 0.15) is 12.4 Å². The van der Waals surface area contributed by atoms with Crippen molar-refractivity contribution in [3.05, 3.63) is 123 Å². The van der Waals surface area contributed by atoms with E-state index in [-0.39, 0.29) is 27.6 Å². The molecule has 0 bridgehead atoms. The predicted molar refractivity (Wildman–Crippen MR) is 223 cm³/mol.